The molecule has 1 amide bonds. The van der Waals surface area contributed by atoms with Crippen molar-refractivity contribution in [1.82, 2.24) is 15.1 Å². The van der Waals surface area contributed by atoms with Crippen LogP contribution in [0.1, 0.15) is 21.6 Å². The third-order valence-corrected chi connectivity index (χ3v) is 2.83. The number of carbonyl (C=O) groups is 1. The molecule has 1 aromatic heterocycles. The molecule has 0 aliphatic heterocycles. The van der Waals surface area contributed by atoms with E-state index in [-0.39, 0.29) is 11.7 Å². The molecule has 0 saturated carbocycles. The molecule has 0 fully saturated rings. The van der Waals surface area contributed by atoms with Gasteiger partial charge in [0.05, 0.1) is 0 Å². The van der Waals surface area contributed by atoms with E-state index in [1.165, 1.54) is 6.20 Å². The number of rotatable bonds is 4. The molecule has 104 valence electrons. The van der Waals surface area contributed by atoms with Crippen LogP contribution >= 0.6 is 0 Å². The summed E-state index contributed by atoms with van der Waals surface area (Å²) in [7, 11) is 1.69. The van der Waals surface area contributed by atoms with Crippen LogP contribution in [0.5, 0.6) is 0 Å². The average molecular weight is 273 g/mol. The lowest BCUT2D eigenvalue weighted by Crippen LogP contribution is -2.26. The predicted molar refractivity (Wildman–Crippen MR) is 73.3 cm³/mol. The lowest BCUT2D eigenvalue weighted by molar-refractivity contribution is 0.0779. The predicted octanol–water partition coefficient (Wildman–Crippen LogP) is 0.776. The molecule has 0 saturated heterocycles. The molecule has 1 aromatic carbocycles. The number of H-pyrrole nitrogens is 1. The van der Waals surface area contributed by atoms with E-state index >= 15 is 0 Å². The summed E-state index contributed by atoms with van der Waals surface area (Å²) in [5.41, 5.74) is 7.45. The summed E-state index contributed by atoms with van der Waals surface area (Å²) < 4.78 is 0. The quantitative estimate of drug-likeness (QED) is 0.331. The number of aromatic amines is 1. The molecule has 0 spiro atoms. The van der Waals surface area contributed by atoms with Crippen LogP contribution in [0.2, 0.25) is 0 Å². The smallest absolute Gasteiger partial charge is 0.271 e. The van der Waals surface area contributed by atoms with E-state index in [2.05, 4.69) is 15.4 Å². The van der Waals surface area contributed by atoms with Crippen molar-refractivity contribution < 1.29 is 10.0 Å². The first-order chi connectivity index (χ1) is 9.61. The van der Waals surface area contributed by atoms with Crippen LogP contribution in [0.25, 0.3) is 0 Å². The highest BCUT2D eigenvalue weighted by molar-refractivity contribution is 5.97. The minimum absolute atomic E-state index is 0.0365. The summed E-state index contributed by atoms with van der Waals surface area (Å²) in [6.07, 6.45) is 1.53. The molecule has 0 radical (unpaired) electrons. The van der Waals surface area contributed by atoms with Crippen molar-refractivity contribution in [2.45, 2.75) is 6.54 Å². The fourth-order valence-corrected chi connectivity index (χ4v) is 1.81. The van der Waals surface area contributed by atoms with Gasteiger partial charge in [-0.2, -0.15) is 5.10 Å². The van der Waals surface area contributed by atoms with Crippen molar-refractivity contribution in [3.8, 4) is 0 Å². The second-order valence-electron chi connectivity index (χ2n) is 4.32. The zero-order chi connectivity index (χ0) is 14.5. The molecular formula is C13H15N5O2. The average Bonchev–Trinajstić information content (AvgIpc) is 3.00. The van der Waals surface area contributed by atoms with Crippen molar-refractivity contribution in [2.75, 3.05) is 7.05 Å². The molecule has 0 aliphatic carbocycles. The summed E-state index contributed by atoms with van der Waals surface area (Å²) in [5, 5.41) is 18.0. The number of hydrogen-bond donors (Lipinski definition) is 3. The number of aromatic nitrogens is 2. The van der Waals surface area contributed by atoms with Crippen LogP contribution in [0, 0.1) is 0 Å². The van der Waals surface area contributed by atoms with Gasteiger partial charge < -0.3 is 15.8 Å². The van der Waals surface area contributed by atoms with Crippen LogP contribution in [-0.2, 0) is 6.54 Å². The van der Waals surface area contributed by atoms with Gasteiger partial charge in [-0.15, -0.1) is 0 Å². The number of hydrogen-bond acceptors (Lipinski definition) is 4. The van der Waals surface area contributed by atoms with E-state index in [1.54, 1.807) is 36.2 Å². The zero-order valence-electron chi connectivity index (χ0n) is 10.9. The Bertz CT molecular complexity index is 621. The fourth-order valence-electron chi connectivity index (χ4n) is 1.81. The normalized spacial score (nSPS) is 11.3. The molecule has 7 nitrogen and oxygen atoms in total. The Hall–Kier alpha value is -2.83. The van der Waals surface area contributed by atoms with Crippen molar-refractivity contribution in [1.29, 1.82) is 0 Å². The van der Waals surface area contributed by atoms with Gasteiger partial charge in [-0.25, -0.2) is 0 Å². The highest BCUT2D eigenvalue weighted by atomic mass is 16.4. The van der Waals surface area contributed by atoms with Gasteiger partial charge in [-0.05, 0) is 17.7 Å². The lowest BCUT2D eigenvalue weighted by atomic mass is 10.1. The minimum Gasteiger partial charge on any atom is -0.409 e. The van der Waals surface area contributed by atoms with Crippen molar-refractivity contribution >= 4 is 11.7 Å². The Morgan fingerprint density at radius 3 is 2.95 bits per heavy atom. The molecule has 4 N–H and O–H groups in total. The number of nitrogens with one attached hydrogen (secondary N) is 1. The number of oxime groups is 1. The summed E-state index contributed by atoms with van der Waals surface area (Å²) in [6.45, 7) is 0.407. The Balaban J connectivity index is 2.12. The van der Waals surface area contributed by atoms with Gasteiger partial charge in [0.1, 0.15) is 5.69 Å². The molecule has 0 bridgehead atoms. The van der Waals surface area contributed by atoms with Crippen LogP contribution in [0.3, 0.4) is 0 Å². The standard InChI is InChI=1S/C13H15N5O2/c1-18(13(19)11-5-6-15-16-11)8-9-3-2-4-10(7-9)12(14)17-20/h2-7,20H,8H2,1H3,(H2,14,17)(H,15,16). The van der Waals surface area contributed by atoms with Crippen molar-refractivity contribution in [3.63, 3.8) is 0 Å². The monoisotopic (exact) mass is 273 g/mol. The summed E-state index contributed by atoms with van der Waals surface area (Å²) in [6, 6.07) is 8.77. The fraction of sp³-hybridized carbons (Fsp3) is 0.154. The maximum Gasteiger partial charge on any atom is 0.271 e. The molecule has 1 heterocycles. The van der Waals surface area contributed by atoms with Crippen LogP contribution in [-0.4, -0.2) is 39.1 Å². The SMILES string of the molecule is CN(Cc1cccc(C(N)=NO)c1)C(=O)c1ccn[nH]1. The summed E-state index contributed by atoms with van der Waals surface area (Å²) in [5.74, 6) is -0.119. The Morgan fingerprint density at radius 2 is 2.30 bits per heavy atom. The first-order valence-electron chi connectivity index (χ1n) is 5.93. The highest BCUT2D eigenvalue weighted by Crippen LogP contribution is 2.09. The van der Waals surface area contributed by atoms with E-state index in [1.807, 2.05) is 6.07 Å². The maximum atomic E-state index is 12.1. The van der Waals surface area contributed by atoms with Crippen LogP contribution < -0.4 is 5.73 Å². The van der Waals surface area contributed by atoms with E-state index in [0.29, 0.717) is 17.8 Å². The van der Waals surface area contributed by atoms with Crippen LogP contribution in [0.4, 0.5) is 0 Å². The molecular weight excluding hydrogens is 258 g/mol. The molecule has 2 aromatic rings. The van der Waals surface area contributed by atoms with Crippen molar-refractivity contribution in [2.24, 2.45) is 10.9 Å². The molecule has 0 unspecified atom stereocenters. The second-order valence-corrected chi connectivity index (χ2v) is 4.32. The van der Waals surface area contributed by atoms with Gasteiger partial charge in [0, 0.05) is 25.4 Å². The first kappa shape index (κ1) is 13.6. The Labute approximate surface area is 115 Å². The van der Waals surface area contributed by atoms with E-state index in [4.69, 9.17) is 10.9 Å². The molecule has 0 aliphatic rings. The van der Waals surface area contributed by atoms with E-state index in [0.717, 1.165) is 5.56 Å². The summed E-state index contributed by atoms with van der Waals surface area (Å²) in [4.78, 5) is 13.6. The zero-order valence-corrected chi connectivity index (χ0v) is 10.9. The topological polar surface area (TPSA) is 108 Å². The minimum atomic E-state index is -0.156. The number of amidine groups is 1. The van der Waals surface area contributed by atoms with Gasteiger partial charge in [0.25, 0.3) is 5.91 Å². The van der Waals surface area contributed by atoms with Crippen molar-refractivity contribution in [3.05, 3.63) is 53.3 Å². The van der Waals surface area contributed by atoms with Gasteiger partial charge >= 0.3 is 0 Å². The number of nitrogens with zero attached hydrogens (tertiary/aromatic N) is 3. The van der Waals surface area contributed by atoms with Crippen LogP contribution in [0.15, 0.2) is 41.7 Å². The molecule has 20 heavy (non-hydrogen) atoms. The lowest BCUT2D eigenvalue weighted by Gasteiger charge is -2.16. The van der Waals surface area contributed by atoms with Gasteiger partial charge in [0.15, 0.2) is 5.84 Å². The Morgan fingerprint density at radius 1 is 1.50 bits per heavy atom. The highest BCUT2D eigenvalue weighted by Gasteiger charge is 2.13. The maximum absolute atomic E-state index is 12.1. The number of nitrogens with two attached hydrogens (primary N) is 1. The van der Waals surface area contributed by atoms with Gasteiger partial charge in [-0.1, -0.05) is 23.4 Å². The largest absolute Gasteiger partial charge is 0.409 e. The molecule has 0 atom stereocenters. The van der Waals surface area contributed by atoms with E-state index in [9.17, 15) is 4.79 Å². The first-order valence-corrected chi connectivity index (χ1v) is 5.93. The Kier molecular flexibility index (Phi) is 3.99. The molecule has 2 rings (SSSR count). The number of carbonyl (C=O) groups excluding carboxylic acids is 1. The second kappa shape index (κ2) is 5.87. The third kappa shape index (κ3) is 2.94. The third-order valence-electron chi connectivity index (χ3n) is 2.83. The number of benzene rings is 1. The van der Waals surface area contributed by atoms with Gasteiger partial charge in [0.2, 0.25) is 0 Å². The summed E-state index contributed by atoms with van der Waals surface area (Å²) >= 11 is 0. The number of amides is 1. The van der Waals surface area contributed by atoms with Gasteiger partial charge in [-0.3, -0.25) is 9.89 Å². The molecule has 7 heteroatoms. The van der Waals surface area contributed by atoms with E-state index < -0.39 is 0 Å².